The zero-order chi connectivity index (χ0) is 20.4. The molecule has 1 saturated heterocycles. The van der Waals surface area contributed by atoms with E-state index < -0.39 is 8.32 Å². The lowest BCUT2D eigenvalue weighted by Crippen LogP contribution is -2.68. The second-order valence-electron chi connectivity index (χ2n) is 8.56. The van der Waals surface area contributed by atoms with E-state index >= 15 is 0 Å². The van der Waals surface area contributed by atoms with Crippen molar-refractivity contribution < 1.29 is 14.0 Å². The smallest absolute Gasteiger partial charge is 0.325 e. The van der Waals surface area contributed by atoms with Crippen molar-refractivity contribution >= 4 is 24.7 Å². The lowest BCUT2D eigenvalue weighted by atomic mass is 10.2. The maximum atomic E-state index is 12.5. The Bertz CT molecular complexity index is 749. The van der Waals surface area contributed by atoms with Crippen molar-refractivity contribution in [2.75, 3.05) is 20.7 Å². The van der Waals surface area contributed by atoms with E-state index in [1.54, 1.807) is 0 Å². The summed E-state index contributed by atoms with van der Waals surface area (Å²) >= 11 is 0. The fraction of sp³-hybridized carbons (Fsp3) is 0.435. The van der Waals surface area contributed by atoms with Gasteiger partial charge in [0.1, 0.15) is 6.04 Å². The van der Waals surface area contributed by atoms with Gasteiger partial charge in [0.25, 0.3) is 8.32 Å². The van der Waals surface area contributed by atoms with E-state index in [4.69, 9.17) is 9.16 Å². The van der Waals surface area contributed by atoms with Crippen LogP contribution in [-0.4, -0.2) is 52.0 Å². The second kappa shape index (κ2) is 8.19. The van der Waals surface area contributed by atoms with E-state index in [0.29, 0.717) is 0 Å². The van der Waals surface area contributed by atoms with Gasteiger partial charge in [0, 0.05) is 6.54 Å². The third-order valence-corrected chi connectivity index (χ3v) is 10.8. The van der Waals surface area contributed by atoms with Crippen LogP contribution in [0.3, 0.4) is 0 Å². The number of ether oxygens (including phenoxy) is 1. The van der Waals surface area contributed by atoms with Gasteiger partial charge in [-0.1, -0.05) is 81.4 Å². The summed E-state index contributed by atoms with van der Waals surface area (Å²) in [7, 11) is 0.743. The predicted octanol–water partition coefficient (Wildman–Crippen LogP) is 2.81. The molecule has 1 heterocycles. The molecule has 1 aliphatic rings. The van der Waals surface area contributed by atoms with Gasteiger partial charge in [0.05, 0.1) is 13.2 Å². The van der Waals surface area contributed by atoms with E-state index in [0.717, 1.165) is 13.0 Å². The van der Waals surface area contributed by atoms with Crippen LogP contribution >= 0.6 is 0 Å². The maximum Gasteiger partial charge on any atom is 0.325 e. The molecular weight excluding hydrogens is 366 g/mol. The number of likely N-dealkylation sites (N-methyl/N-ethyl adjacent to an activating group) is 1. The van der Waals surface area contributed by atoms with E-state index in [-0.39, 0.29) is 23.2 Å². The van der Waals surface area contributed by atoms with Crippen LogP contribution in [0, 0.1) is 0 Å². The van der Waals surface area contributed by atoms with Crippen LogP contribution in [-0.2, 0) is 14.0 Å². The zero-order valence-corrected chi connectivity index (χ0v) is 18.5. The number of nitrogens with zero attached hydrogens (tertiary/aromatic N) is 1. The Morgan fingerprint density at radius 3 is 1.93 bits per heavy atom. The molecule has 0 N–H and O–H groups in total. The topological polar surface area (TPSA) is 38.8 Å². The normalized spacial score (nSPS) is 20.9. The number of esters is 1. The largest absolute Gasteiger partial charge is 0.468 e. The van der Waals surface area contributed by atoms with Crippen LogP contribution in [0.15, 0.2) is 60.7 Å². The molecule has 1 aliphatic heterocycles. The molecule has 2 aromatic rings. The van der Waals surface area contributed by atoms with Crippen LogP contribution in [0.1, 0.15) is 27.2 Å². The molecule has 4 nitrogen and oxygen atoms in total. The van der Waals surface area contributed by atoms with Crippen molar-refractivity contribution in [1.82, 2.24) is 4.90 Å². The van der Waals surface area contributed by atoms with Gasteiger partial charge in [-0.25, -0.2) is 0 Å². The average molecular weight is 398 g/mol. The average Bonchev–Trinajstić information content (AvgIpc) is 3.06. The highest BCUT2D eigenvalue weighted by molar-refractivity contribution is 6.99. The molecular formula is C23H31NO3Si. The van der Waals surface area contributed by atoms with Crippen molar-refractivity contribution in [2.24, 2.45) is 0 Å². The summed E-state index contributed by atoms with van der Waals surface area (Å²) in [5.41, 5.74) is 0. The minimum absolute atomic E-state index is 0.114. The van der Waals surface area contributed by atoms with Crippen molar-refractivity contribution in [3.63, 3.8) is 0 Å². The van der Waals surface area contributed by atoms with Crippen LogP contribution in [0.5, 0.6) is 0 Å². The number of benzene rings is 2. The van der Waals surface area contributed by atoms with Gasteiger partial charge in [-0.05, 0) is 28.9 Å². The number of carbonyl (C=O) groups excluding carboxylic acids is 1. The van der Waals surface area contributed by atoms with Gasteiger partial charge in [0.15, 0.2) is 0 Å². The number of hydrogen-bond donors (Lipinski definition) is 0. The third-order valence-electron chi connectivity index (χ3n) is 5.78. The van der Waals surface area contributed by atoms with Crippen LogP contribution < -0.4 is 10.4 Å². The maximum absolute atomic E-state index is 12.5. The Balaban J connectivity index is 2.15. The second-order valence-corrected chi connectivity index (χ2v) is 12.8. The Morgan fingerprint density at radius 2 is 1.50 bits per heavy atom. The lowest BCUT2D eigenvalue weighted by molar-refractivity contribution is -0.147. The lowest BCUT2D eigenvalue weighted by Gasteiger charge is -2.45. The summed E-state index contributed by atoms with van der Waals surface area (Å²) in [5, 5.41) is 2.34. The van der Waals surface area contributed by atoms with E-state index in [1.807, 2.05) is 24.1 Å². The SMILES string of the molecule is COC(=O)[C@@H]1[C@H](O[Si](c2ccccc2)(c2ccccc2)C(C)(C)C)CCN1C. The first-order valence-corrected chi connectivity index (χ1v) is 11.8. The van der Waals surface area contributed by atoms with Crippen molar-refractivity contribution in [2.45, 2.75) is 44.4 Å². The molecule has 0 aromatic heterocycles. The molecule has 1 fully saturated rings. The number of carbonyl (C=O) groups is 1. The molecule has 0 aliphatic carbocycles. The highest BCUT2D eigenvalue weighted by Gasteiger charge is 2.54. The zero-order valence-electron chi connectivity index (χ0n) is 17.5. The quantitative estimate of drug-likeness (QED) is 0.574. The Hall–Kier alpha value is -1.95. The Morgan fingerprint density at radius 1 is 1.00 bits per heavy atom. The molecule has 0 spiro atoms. The van der Waals surface area contributed by atoms with Crippen LogP contribution in [0.25, 0.3) is 0 Å². The molecule has 0 bridgehead atoms. The Kier molecular flexibility index (Phi) is 6.08. The summed E-state index contributed by atoms with van der Waals surface area (Å²) in [5.74, 6) is -0.220. The Labute approximate surface area is 169 Å². The standard InChI is InChI=1S/C23H31NO3Si/c1-23(2,3)28(18-12-8-6-9-13-18,19-14-10-7-11-15-19)27-20-16-17-24(4)21(20)22(25)26-5/h6-15,20-21H,16-17H2,1-5H3/t20-,21+/m1/s1. The molecule has 0 saturated carbocycles. The number of rotatable bonds is 5. The minimum atomic E-state index is -2.68. The van der Waals surface area contributed by atoms with Gasteiger partial charge in [-0.2, -0.15) is 0 Å². The summed E-state index contributed by atoms with van der Waals surface area (Å²) in [6, 6.07) is 20.7. The summed E-state index contributed by atoms with van der Waals surface area (Å²) in [6.07, 6.45) is 0.629. The first kappa shape index (κ1) is 20.8. The van der Waals surface area contributed by atoms with Gasteiger partial charge in [0.2, 0.25) is 0 Å². The van der Waals surface area contributed by atoms with Gasteiger partial charge < -0.3 is 9.16 Å². The van der Waals surface area contributed by atoms with Crippen molar-refractivity contribution in [3.05, 3.63) is 60.7 Å². The summed E-state index contributed by atoms with van der Waals surface area (Å²) in [4.78, 5) is 14.6. The van der Waals surface area contributed by atoms with Crippen LogP contribution in [0.2, 0.25) is 5.04 Å². The van der Waals surface area contributed by atoms with E-state index in [2.05, 4.69) is 69.3 Å². The summed E-state index contributed by atoms with van der Waals surface area (Å²) < 4.78 is 12.2. The number of likely N-dealkylation sites (tertiary alicyclic amines) is 1. The molecule has 0 amide bonds. The predicted molar refractivity (Wildman–Crippen MR) is 116 cm³/mol. The fourth-order valence-electron chi connectivity index (χ4n) is 4.41. The molecule has 0 unspecified atom stereocenters. The van der Waals surface area contributed by atoms with Crippen molar-refractivity contribution in [1.29, 1.82) is 0 Å². The van der Waals surface area contributed by atoms with E-state index in [1.165, 1.54) is 17.5 Å². The first-order chi connectivity index (χ1) is 13.3. The summed E-state index contributed by atoms with van der Waals surface area (Å²) in [6.45, 7) is 7.59. The third kappa shape index (κ3) is 3.66. The molecule has 150 valence electrons. The number of hydrogen-bond acceptors (Lipinski definition) is 4. The molecule has 28 heavy (non-hydrogen) atoms. The number of methoxy groups -OCH3 is 1. The van der Waals surface area contributed by atoms with Crippen molar-refractivity contribution in [3.8, 4) is 0 Å². The molecule has 5 heteroatoms. The first-order valence-electron chi connectivity index (χ1n) is 9.88. The molecule has 2 aromatic carbocycles. The van der Waals surface area contributed by atoms with Crippen LogP contribution in [0.4, 0.5) is 0 Å². The van der Waals surface area contributed by atoms with Gasteiger partial charge in [-0.3, -0.25) is 9.69 Å². The highest BCUT2D eigenvalue weighted by atomic mass is 28.4. The monoisotopic (exact) mass is 397 g/mol. The van der Waals surface area contributed by atoms with Gasteiger partial charge >= 0.3 is 5.97 Å². The molecule has 0 radical (unpaired) electrons. The molecule has 2 atom stereocenters. The van der Waals surface area contributed by atoms with E-state index in [9.17, 15) is 4.79 Å². The fourth-order valence-corrected chi connectivity index (χ4v) is 9.12. The minimum Gasteiger partial charge on any atom is -0.468 e. The molecule has 3 rings (SSSR count). The van der Waals surface area contributed by atoms with Gasteiger partial charge in [-0.15, -0.1) is 0 Å². The highest BCUT2D eigenvalue weighted by Crippen LogP contribution is 2.39.